The van der Waals surface area contributed by atoms with Crippen molar-refractivity contribution in [1.82, 2.24) is 0 Å². The zero-order chi connectivity index (χ0) is 17.9. The number of hydrogen-bond acceptors (Lipinski definition) is 3. The zero-order valence-corrected chi connectivity index (χ0v) is 16.1. The maximum atomic E-state index is 12.6. The summed E-state index contributed by atoms with van der Waals surface area (Å²) < 4.78 is 25.7. The molecule has 0 saturated carbocycles. The molecule has 0 aliphatic carbocycles. The molecule has 2 nitrogen and oxygen atoms in total. The molecule has 3 rings (SSSR count). The third kappa shape index (κ3) is 4.20. The Morgan fingerprint density at radius 3 is 1.88 bits per heavy atom. The fourth-order valence-corrected chi connectivity index (χ4v) is 5.77. The van der Waals surface area contributed by atoms with Gasteiger partial charge in [-0.25, -0.2) is 8.42 Å². The van der Waals surface area contributed by atoms with Gasteiger partial charge in [-0.1, -0.05) is 60.7 Å². The molecule has 0 N–H and O–H groups in total. The van der Waals surface area contributed by atoms with Crippen molar-refractivity contribution in [3.8, 4) is 0 Å². The Balaban J connectivity index is 2.00. The van der Waals surface area contributed by atoms with Gasteiger partial charge in [0, 0.05) is 11.3 Å². The molecule has 0 radical (unpaired) electrons. The summed E-state index contributed by atoms with van der Waals surface area (Å²) in [7, 11) is -3.24. The van der Waals surface area contributed by atoms with Crippen LogP contribution >= 0.6 is 11.3 Å². The molecule has 4 heteroatoms. The minimum absolute atomic E-state index is 0.402. The van der Waals surface area contributed by atoms with E-state index in [1.165, 1.54) is 22.5 Å². The molecule has 0 amide bonds. The number of rotatable bonds is 6. The molecule has 0 unspecified atom stereocenters. The topological polar surface area (TPSA) is 34.1 Å². The largest absolute Gasteiger partial charge is 0.223 e. The SMILES string of the molecule is CC(C)S(=O)(=O)c1cc(Cc2ccccc2)c(Cc2ccccc2)s1. The van der Waals surface area contributed by atoms with Gasteiger partial charge in [-0.2, -0.15) is 0 Å². The summed E-state index contributed by atoms with van der Waals surface area (Å²) in [4.78, 5) is 1.13. The zero-order valence-electron chi connectivity index (χ0n) is 14.5. The van der Waals surface area contributed by atoms with E-state index in [2.05, 4.69) is 24.3 Å². The van der Waals surface area contributed by atoms with E-state index in [4.69, 9.17) is 0 Å². The lowest BCUT2D eigenvalue weighted by Crippen LogP contribution is -2.12. The molecule has 0 atom stereocenters. The fourth-order valence-electron chi connectivity index (χ4n) is 2.71. The third-order valence-corrected chi connectivity index (χ3v) is 8.06. The summed E-state index contributed by atoms with van der Waals surface area (Å²) >= 11 is 1.42. The number of benzene rings is 2. The second-order valence-corrected chi connectivity index (χ2v) is 10.3. The Bertz CT molecular complexity index is 866. The van der Waals surface area contributed by atoms with E-state index in [-0.39, 0.29) is 0 Å². The molecule has 2 aromatic carbocycles. The molecule has 0 aliphatic rings. The van der Waals surface area contributed by atoms with Crippen molar-refractivity contribution in [2.24, 2.45) is 0 Å². The molecule has 0 bridgehead atoms. The highest BCUT2D eigenvalue weighted by atomic mass is 32.2. The van der Waals surface area contributed by atoms with E-state index in [1.54, 1.807) is 13.8 Å². The molecule has 0 aliphatic heterocycles. The smallest absolute Gasteiger partial charge is 0.190 e. The number of thiophene rings is 1. The van der Waals surface area contributed by atoms with Crippen LogP contribution in [0.2, 0.25) is 0 Å². The van der Waals surface area contributed by atoms with Crippen LogP contribution < -0.4 is 0 Å². The van der Waals surface area contributed by atoms with E-state index < -0.39 is 15.1 Å². The third-order valence-electron chi connectivity index (χ3n) is 4.22. The van der Waals surface area contributed by atoms with E-state index in [0.29, 0.717) is 4.21 Å². The van der Waals surface area contributed by atoms with Gasteiger partial charge in [0.2, 0.25) is 0 Å². The van der Waals surface area contributed by atoms with Gasteiger partial charge < -0.3 is 0 Å². The van der Waals surface area contributed by atoms with Gasteiger partial charge in [-0.05, 0) is 43.0 Å². The van der Waals surface area contributed by atoms with Crippen molar-refractivity contribution in [3.63, 3.8) is 0 Å². The van der Waals surface area contributed by atoms with Crippen LogP contribution in [-0.2, 0) is 22.7 Å². The standard InChI is InChI=1S/C21H22O2S2/c1-16(2)25(22,23)21-15-19(13-17-9-5-3-6-10-17)20(24-21)14-18-11-7-4-8-12-18/h3-12,15-16H,13-14H2,1-2H3. The molecule has 0 spiro atoms. The Morgan fingerprint density at radius 2 is 1.36 bits per heavy atom. The molecule has 25 heavy (non-hydrogen) atoms. The van der Waals surface area contributed by atoms with Crippen LogP contribution in [0.15, 0.2) is 70.9 Å². The maximum absolute atomic E-state index is 12.6. The second-order valence-electron chi connectivity index (χ2n) is 6.43. The van der Waals surface area contributed by atoms with Gasteiger partial charge in [0.1, 0.15) is 4.21 Å². The average Bonchev–Trinajstić information content (AvgIpc) is 3.00. The summed E-state index contributed by atoms with van der Waals surface area (Å²) in [6.07, 6.45) is 1.52. The molecular formula is C21H22O2S2. The lowest BCUT2D eigenvalue weighted by Gasteiger charge is -2.04. The van der Waals surface area contributed by atoms with Gasteiger partial charge in [0.15, 0.2) is 9.84 Å². The quantitative estimate of drug-likeness (QED) is 0.604. The first kappa shape index (κ1) is 17.9. The Hall–Kier alpha value is -1.91. The molecule has 0 fully saturated rings. The van der Waals surface area contributed by atoms with Crippen molar-refractivity contribution in [3.05, 3.63) is 88.3 Å². The number of hydrogen-bond donors (Lipinski definition) is 0. The normalized spacial score (nSPS) is 11.8. The van der Waals surface area contributed by atoms with Crippen LogP contribution in [0.25, 0.3) is 0 Å². The summed E-state index contributed by atoms with van der Waals surface area (Å²) in [5.74, 6) is 0. The molecule has 1 heterocycles. The minimum Gasteiger partial charge on any atom is -0.223 e. The van der Waals surface area contributed by atoms with E-state index in [9.17, 15) is 8.42 Å². The van der Waals surface area contributed by atoms with Crippen LogP contribution in [0.3, 0.4) is 0 Å². The summed E-state index contributed by atoms with van der Waals surface area (Å²) in [5, 5.41) is -0.402. The average molecular weight is 371 g/mol. The second kappa shape index (κ2) is 7.54. The van der Waals surface area contributed by atoms with Crippen molar-refractivity contribution < 1.29 is 8.42 Å². The molecule has 0 saturated heterocycles. The summed E-state index contributed by atoms with van der Waals surface area (Å²) in [5.41, 5.74) is 3.51. The van der Waals surface area contributed by atoms with Crippen LogP contribution in [0.4, 0.5) is 0 Å². The van der Waals surface area contributed by atoms with Gasteiger partial charge in [-0.15, -0.1) is 11.3 Å². The molecule has 3 aromatic rings. The highest BCUT2D eigenvalue weighted by Gasteiger charge is 2.23. The molecule has 130 valence electrons. The first-order chi connectivity index (χ1) is 12.0. The first-order valence-electron chi connectivity index (χ1n) is 8.40. The monoisotopic (exact) mass is 370 g/mol. The lowest BCUT2D eigenvalue weighted by atomic mass is 10.0. The highest BCUT2D eigenvalue weighted by molar-refractivity contribution is 7.94. The van der Waals surface area contributed by atoms with Crippen molar-refractivity contribution in [2.45, 2.75) is 36.1 Å². The minimum atomic E-state index is -3.24. The van der Waals surface area contributed by atoms with Gasteiger partial charge in [-0.3, -0.25) is 0 Å². The predicted molar refractivity (Wildman–Crippen MR) is 105 cm³/mol. The van der Waals surface area contributed by atoms with Crippen LogP contribution in [0.5, 0.6) is 0 Å². The van der Waals surface area contributed by atoms with E-state index in [1.807, 2.05) is 42.5 Å². The van der Waals surface area contributed by atoms with E-state index in [0.717, 1.165) is 23.3 Å². The Labute approximate surface area is 154 Å². The van der Waals surface area contributed by atoms with Gasteiger partial charge in [0.05, 0.1) is 5.25 Å². The highest BCUT2D eigenvalue weighted by Crippen LogP contribution is 2.32. The fraction of sp³-hybridized carbons (Fsp3) is 0.238. The lowest BCUT2D eigenvalue weighted by molar-refractivity contribution is 0.589. The first-order valence-corrected chi connectivity index (χ1v) is 10.8. The Morgan fingerprint density at radius 1 is 0.840 bits per heavy atom. The summed E-state index contributed by atoms with van der Waals surface area (Å²) in [6, 6.07) is 22.3. The number of sulfone groups is 1. The van der Waals surface area contributed by atoms with Crippen LogP contribution in [0.1, 0.15) is 35.4 Å². The van der Waals surface area contributed by atoms with Crippen molar-refractivity contribution in [2.75, 3.05) is 0 Å². The molecular weight excluding hydrogens is 348 g/mol. The Kier molecular flexibility index (Phi) is 5.40. The van der Waals surface area contributed by atoms with Crippen molar-refractivity contribution >= 4 is 21.2 Å². The van der Waals surface area contributed by atoms with Crippen LogP contribution in [0, 0.1) is 0 Å². The van der Waals surface area contributed by atoms with Crippen LogP contribution in [-0.4, -0.2) is 13.7 Å². The van der Waals surface area contributed by atoms with Gasteiger partial charge >= 0.3 is 0 Å². The van der Waals surface area contributed by atoms with Crippen molar-refractivity contribution in [1.29, 1.82) is 0 Å². The maximum Gasteiger partial charge on any atom is 0.190 e. The summed E-state index contributed by atoms with van der Waals surface area (Å²) in [6.45, 7) is 3.48. The van der Waals surface area contributed by atoms with E-state index >= 15 is 0 Å². The van der Waals surface area contributed by atoms with Gasteiger partial charge in [0.25, 0.3) is 0 Å². The molecule has 1 aromatic heterocycles. The predicted octanol–water partition coefficient (Wildman–Crippen LogP) is 5.11.